The quantitative estimate of drug-likeness (QED) is 0.907. The number of thiophene rings is 1. The number of nitrogens with one attached hydrogen (secondary N) is 1. The van der Waals surface area contributed by atoms with Gasteiger partial charge in [0.1, 0.15) is 0 Å². The normalized spacial score (nSPS) is 16.2. The number of rotatable bonds is 4. The van der Waals surface area contributed by atoms with Crippen molar-refractivity contribution in [2.45, 2.75) is 32.6 Å². The lowest BCUT2D eigenvalue weighted by Gasteiger charge is -2.21. The van der Waals surface area contributed by atoms with E-state index in [0.29, 0.717) is 6.42 Å². The number of benzene rings is 1. The summed E-state index contributed by atoms with van der Waals surface area (Å²) in [5.41, 5.74) is 3.24. The van der Waals surface area contributed by atoms with Gasteiger partial charge in [0.05, 0.1) is 4.88 Å². The van der Waals surface area contributed by atoms with Crippen LogP contribution in [0.3, 0.4) is 0 Å². The summed E-state index contributed by atoms with van der Waals surface area (Å²) in [4.78, 5) is 28.4. The largest absolute Gasteiger partial charge is 0.344 e. The molecule has 1 aromatic carbocycles. The van der Waals surface area contributed by atoms with Crippen molar-refractivity contribution in [2.24, 2.45) is 5.92 Å². The molecule has 1 aromatic heterocycles. The zero-order valence-corrected chi connectivity index (χ0v) is 15.8. The van der Waals surface area contributed by atoms with Crippen molar-refractivity contribution >= 4 is 28.8 Å². The van der Waals surface area contributed by atoms with Crippen LogP contribution in [-0.2, 0) is 24.1 Å². The van der Waals surface area contributed by atoms with Crippen LogP contribution in [0.4, 0.5) is 5.69 Å². The lowest BCUT2D eigenvalue weighted by molar-refractivity contribution is -0.120. The minimum absolute atomic E-state index is 0.0327. The molecule has 0 saturated heterocycles. The molecule has 0 aliphatic heterocycles. The summed E-state index contributed by atoms with van der Waals surface area (Å²) >= 11 is 1.57. The van der Waals surface area contributed by atoms with Gasteiger partial charge in [0, 0.05) is 30.6 Å². The lowest BCUT2D eigenvalue weighted by atomic mass is 9.87. The van der Waals surface area contributed by atoms with E-state index in [-0.39, 0.29) is 17.7 Å². The Labute approximate surface area is 152 Å². The van der Waals surface area contributed by atoms with Crippen molar-refractivity contribution in [2.75, 3.05) is 19.4 Å². The minimum atomic E-state index is -0.0327. The van der Waals surface area contributed by atoms with Crippen molar-refractivity contribution in [3.8, 4) is 0 Å². The van der Waals surface area contributed by atoms with Crippen LogP contribution in [0.25, 0.3) is 0 Å². The summed E-state index contributed by atoms with van der Waals surface area (Å²) in [6, 6.07) is 9.98. The predicted molar refractivity (Wildman–Crippen MR) is 102 cm³/mol. The van der Waals surface area contributed by atoms with Crippen LogP contribution in [0.5, 0.6) is 0 Å². The van der Waals surface area contributed by atoms with E-state index in [1.807, 2.05) is 24.3 Å². The lowest BCUT2D eigenvalue weighted by Crippen LogP contribution is -2.27. The second-order valence-corrected chi connectivity index (χ2v) is 7.88. The standard InChI is InChI=1S/C20H24N2O2S/c1-4-13-6-5-7-16(10-13)21-19(23)14-8-9-17-15(11-14)12-18(25-17)20(24)22(2)3/h5-7,10,12,14H,4,8-9,11H2,1-3H3,(H,21,23)/t14-/m1/s1. The minimum Gasteiger partial charge on any atom is -0.344 e. The van der Waals surface area contributed by atoms with Gasteiger partial charge in [0.2, 0.25) is 5.91 Å². The highest BCUT2D eigenvalue weighted by atomic mass is 32.1. The van der Waals surface area contributed by atoms with E-state index in [1.165, 1.54) is 10.4 Å². The zero-order valence-electron chi connectivity index (χ0n) is 15.0. The van der Waals surface area contributed by atoms with Gasteiger partial charge in [-0.15, -0.1) is 11.3 Å². The predicted octanol–water partition coefficient (Wildman–Crippen LogP) is 3.76. The van der Waals surface area contributed by atoms with E-state index in [1.54, 1.807) is 30.3 Å². The average Bonchev–Trinajstić information content (AvgIpc) is 3.04. The molecule has 1 atom stereocenters. The number of carbonyl (C=O) groups is 2. The Kier molecular flexibility index (Phi) is 5.23. The highest BCUT2D eigenvalue weighted by Gasteiger charge is 2.27. The number of anilines is 1. The second-order valence-electron chi connectivity index (χ2n) is 6.74. The number of hydrogen-bond donors (Lipinski definition) is 1. The zero-order chi connectivity index (χ0) is 18.0. The number of carbonyl (C=O) groups excluding carboxylic acids is 2. The van der Waals surface area contributed by atoms with Crippen LogP contribution in [-0.4, -0.2) is 30.8 Å². The fourth-order valence-corrected chi connectivity index (χ4v) is 4.42. The Morgan fingerprint density at radius 1 is 1.28 bits per heavy atom. The van der Waals surface area contributed by atoms with Gasteiger partial charge in [0.15, 0.2) is 0 Å². The fourth-order valence-electron chi connectivity index (χ4n) is 3.19. The van der Waals surface area contributed by atoms with E-state index >= 15 is 0 Å². The molecule has 0 saturated carbocycles. The Morgan fingerprint density at radius 3 is 2.80 bits per heavy atom. The summed E-state index contributed by atoms with van der Waals surface area (Å²) in [7, 11) is 3.53. The highest BCUT2D eigenvalue weighted by molar-refractivity contribution is 7.14. The van der Waals surface area contributed by atoms with Crippen molar-refractivity contribution in [3.63, 3.8) is 0 Å². The molecule has 2 amide bonds. The smallest absolute Gasteiger partial charge is 0.263 e. The van der Waals surface area contributed by atoms with Gasteiger partial charge in [-0.1, -0.05) is 19.1 Å². The SMILES string of the molecule is CCc1cccc(NC(=O)[C@@H]2CCc3sc(C(=O)N(C)C)cc3C2)c1. The maximum atomic E-state index is 12.6. The maximum Gasteiger partial charge on any atom is 0.263 e. The van der Waals surface area contributed by atoms with Crippen LogP contribution < -0.4 is 5.32 Å². The van der Waals surface area contributed by atoms with E-state index in [2.05, 4.69) is 18.3 Å². The molecule has 1 N–H and O–H groups in total. The molecule has 1 aliphatic rings. The third kappa shape index (κ3) is 3.93. The molecule has 0 spiro atoms. The highest BCUT2D eigenvalue weighted by Crippen LogP contribution is 2.33. The molecule has 132 valence electrons. The topological polar surface area (TPSA) is 49.4 Å². The molecule has 2 aromatic rings. The average molecular weight is 356 g/mol. The molecule has 1 aliphatic carbocycles. The third-order valence-electron chi connectivity index (χ3n) is 4.67. The molecule has 0 bridgehead atoms. The van der Waals surface area contributed by atoms with Gasteiger partial charge in [-0.05, 0) is 55.0 Å². The fraction of sp³-hybridized carbons (Fsp3) is 0.400. The molecule has 1 heterocycles. The molecule has 25 heavy (non-hydrogen) atoms. The Balaban J connectivity index is 1.69. The summed E-state index contributed by atoms with van der Waals surface area (Å²) in [5, 5.41) is 3.05. The first-order chi connectivity index (χ1) is 12.0. The van der Waals surface area contributed by atoms with Gasteiger partial charge < -0.3 is 10.2 Å². The van der Waals surface area contributed by atoms with E-state index in [4.69, 9.17) is 0 Å². The van der Waals surface area contributed by atoms with Gasteiger partial charge >= 0.3 is 0 Å². The van der Waals surface area contributed by atoms with Crippen LogP contribution in [0, 0.1) is 5.92 Å². The molecule has 4 nitrogen and oxygen atoms in total. The monoisotopic (exact) mass is 356 g/mol. The Morgan fingerprint density at radius 2 is 2.08 bits per heavy atom. The number of amides is 2. The van der Waals surface area contributed by atoms with E-state index in [0.717, 1.165) is 35.4 Å². The van der Waals surface area contributed by atoms with Gasteiger partial charge in [-0.3, -0.25) is 9.59 Å². The van der Waals surface area contributed by atoms with Crippen LogP contribution in [0.15, 0.2) is 30.3 Å². The summed E-state index contributed by atoms with van der Waals surface area (Å²) < 4.78 is 0. The van der Waals surface area contributed by atoms with Crippen molar-refractivity contribution < 1.29 is 9.59 Å². The van der Waals surface area contributed by atoms with Crippen LogP contribution >= 0.6 is 11.3 Å². The molecular weight excluding hydrogens is 332 g/mol. The second kappa shape index (κ2) is 7.40. The Bertz CT molecular complexity index is 795. The summed E-state index contributed by atoms with van der Waals surface area (Å²) in [6.07, 6.45) is 3.37. The van der Waals surface area contributed by atoms with Gasteiger partial charge in [-0.2, -0.15) is 0 Å². The van der Waals surface area contributed by atoms with Crippen LogP contribution in [0.1, 0.15) is 39.0 Å². The van der Waals surface area contributed by atoms with Gasteiger partial charge in [-0.25, -0.2) is 0 Å². The molecule has 3 rings (SSSR count). The van der Waals surface area contributed by atoms with Crippen LogP contribution in [0.2, 0.25) is 0 Å². The molecular formula is C20H24N2O2S. The number of hydrogen-bond acceptors (Lipinski definition) is 3. The molecule has 0 fully saturated rings. The first-order valence-electron chi connectivity index (χ1n) is 8.71. The summed E-state index contributed by atoms with van der Waals surface area (Å²) in [5.74, 6) is 0.0806. The molecule has 5 heteroatoms. The van der Waals surface area contributed by atoms with Crippen molar-refractivity contribution in [1.29, 1.82) is 0 Å². The van der Waals surface area contributed by atoms with E-state index < -0.39 is 0 Å². The first kappa shape index (κ1) is 17.7. The molecule has 0 radical (unpaired) electrons. The first-order valence-corrected chi connectivity index (χ1v) is 9.52. The van der Waals surface area contributed by atoms with Gasteiger partial charge in [0.25, 0.3) is 5.91 Å². The third-order valence-corrected chi connectivity index (χ3v) is 5.90. The van der Waals surface area contributed by atoms with Crippen molar-refractivity contribution in [3.05, 3.63) is 51.2 Å². The number of nitrogens with zero attached hydrogens (tertiary/aromatic N) is 1. The van der Waals surface area contributed by atoms with E-state index in [9.17, 15) is 9.59 Å². The summed E-state index contributed by atoms with van der Waals surface area (Å²) in [6.45, 7) is 2.10. The molecule has 0 unspecified atom stereocenters. The van der Waals surface area contributed by atoms with Crippen molar-refractivity contribution in [1.82, 2.24) is 4.90 Å². The number of aryl methyl sites for hydroxylation is 2. The maximum absolute atomic E-state index is 12.6. The number of fused-ring (bicyclic) bond motifs is 1. The Hall–Kier alpha value is -2.14.